The van der Waals surface area contributed by atoms with Gasteiger partial charge in [-0.2, -0.15) is 0 Å². The van der Waals surface area contributed by atoms with Gasteiger partial charge in [0.25, 0.3) is 0 Å². The van der Waals surface area contributed by atoms with E-state index >= 15 is 0 Å². The lowest BCUT2D eigenvalue weighted by molar-refractivity contribution is -0.121. The summed E-state index contributed by atoms with van der Waals surface area (Å²) in [6.07, 6.45) is 3.62. The quantitative estimate of drug-likeness (QED) is 0.430. The first-order chi connectivity index (χ1) is 4.77. The van der Waals surface area contributed by atoms with E-state index in [2.05, 4.69) is 16.9 Å². The molecule has 0 amide bonds. The third-order valence-corrected chi connectivity index (χ3v) is 0.835. The summed E-state index contributed by atoms with van der Waals surface area (Å²) in [6.45, 7) is 3.60. The number of oxime groups is 1. The van der Waals surface area contributed by atoms with Crippen LogP contribution in [0.3, 0.4) is 0 Å². The Kier molecular flexibility index (Phi) is 5.72. The SMILES string of the molecule is CCC/C=N/OCC(C)=O. The average Bonchev–Trinajstić information content (AvgIpc) is 1.87. The van der Waals surface area contributed by atoms with Crippen molar-refractivity contribution in [1.29, 1.82) is 0 Å². The Morgan fingerprint density at radius 3 is 2.90 bits per heavy atom. The van der Waals surface area contributed by atoms with Crippen LogP contribution in [0.25, 0.3) is 0 Å². The summed E-state index contributed by atoms with van der Waals surface area (Å²) >= 11 is 0. The zero-order valence-electron chi connectivity index (χ0n) is 6.46. The topological polar surface area (TPSA) is 38.7 Å². The monoisotopic (exact) mass is 143 g/mol. The number of rotatable bonds is 5. The van der Waals surface area contributed by atoms with Gasteiger partial charge in [0.1, 0.15) is 0 Å². The first kappa shape index (κ1) is 9.14. The van der Waals surface area contributed by atoms with Crippen LogP contribution in [0.2, 0.25) is 0 Å². The van der Waals surface area contributed by atoms with Gasteiger partial charge in [-0.1, -0.05) is 18.5 Å². The van der Waals surface area contributed by atoms with Crippen LogP contribution in [0.1, 0.15) is 26.7 Å². The number of unbranched alkanes of at least 4 members (excludes halogenated alkanes) is 1. The maximum absolute atomic E-state index is 10.3. The summed E-state index contributed by atoms with van der Waals surface area (Å²) < 4.78 is 0. The molecule has 0 bridgehead atoms. The Balaban J connectivity index is 3.10. The number of nitrogens with zero attached hydrogens (tertiary/aromatic N) is 1. The van der Waals surface area contributed by atoms with Gasteiger partial charge >= 0.3 is 0 Å². The number of ketones is 1. The molecule has 0 fully saturated rings. The van der Waals surface area contributed by atoms with E-state index in [1.165, 1.54) is 6.92 Å². The molecule has 0 spiro atoms. The molecular weight excluding hydrogens is 130 g/mol. The molecule has 0 aromatic rings. The minimum absolute atomic E-state index is 0.00588. The predicted octanol–water partition coefficient (Wildman–Crippen LogP) is 1.38. The smallest absolute Gasteiger partial charge is 0.174 e. The number of carbonyl (C=O) groups is 1. The molecule has 0 radical (unpaired) electrons. The van der Waals surface area contributed by atoms with Crippen molar-refractivity contribution >= 4 is 12.0 Å². The molecule has 10 heavy (non-hydrogen) atoms. The Hall–Kier alpha value is -0.860. The van der Waals surface area contributed by atoms with Gasteiger partial charge in [-0.3, -0.25) is 4.79 Å². The van der Waals surface area contributed by atoms with E-state index in [1.807, 2.05) is 0 Å². The van der Waals surface area contributed by atoms with Gasteiger partial charge in [-0.25, -0.2) is 0 Å². The second-order valence-electron chi connectivity index (χ2n) is 2.05. The van der Waals surface area contributed by atoms with Crippen LogP contribution in [0.15, 0.2) is 5.16 Å². The summed E-state index contributed by atoms with van der Waals surface area (Å²) in [4.78, 5) is 14.9. The van der Waals surface area contributed by atoms with Gasteiger partial charge in [0.15, 0.2) is 12.4 Å². The van der Waals surface area contributed by atoms with Gasteiger partial charge in [0.2, 0.25) is 0 Å². The Morgan fingerprint density at radius 1 is 1.70 bits per heavy atom. The maximum Gasteiger partial charge on any atom is 0.174 e. The fraction of sp³-hybridized carbons (Fsp3) is 0.714. The lowest BCUT2D eigenvalue weighted by Crippen LogP contribution is -1.99. The van der Waals surface area contributed by atoms with E-state index < -0.39 is 0 Å². The highest BCUT2D eigenvalue weighted by Gasteiger charge is 1.88. The zero-order chi connectivity index (χ0) is 7.82. The van der Waals surface area contributed by atoms with Crippen LogP contribution < -0.4 is 0 Å². The van der Waals surface area contributed by atoms with Gasteiger partial charge < -0.3 is 4.84 Å². The minimum atomic E-state index is -0.00588. The molecule has 0 heterocycles. The Labute approximate surface area is 61.1 Å². The molecular formula is C7H13NO2. The zero-order valence-corrected chi connectivity index (χ0v) is 6.46. The van der Waals surface area contributed by atoms with E-state index in [4.69, 9.17) is 0 Å². The van der Waals surface area contributed by atoms with Crippen LogP contribution in [-0.4, -0.2) is 18.6 Å². The van der Waals surface area contributed by atoms with Gasteiger partial charge in [0.05, 0.1) is 0 Å². The fourth-order valence-corrected chi connectivity index (χ4v) is 0.363. The molecule has 0 aromatic heterocycles. The van der Waals surface area contributed by atoms with E-state index in [-0.39, 0.29) is 12.4 Å². The number of hydrogen-bond acceptors (Lipinski definition) is 3. The molecule has 0 atom stereocenters. The standard InChI is InChI=1S/C7H13NO2/c1-3-4-5-8-10-6-7(2)9/h5H,3-4,6H2,1-2H3/b8-5+. The van der Waals surface area contributed by atoms with Gasteiger partial charge in [0, 0.05) is 6.21 Å². The lowest BCUT2D eigenvalue weighted by Gasteiger charge is -1.91. The van der Waals surface area contributed by atoms with E-state index in [0.29, 0.717) is 0 Å². The van der Waals surface area contributed by atoms with Gasteiger partial charge in [-0.15, -0.1) is 0 Å². The molecule has 58 valence electrons. The molecule has 3 heteroatoms. The maximum atomic E-state index is 10.3. The van der Waals surface area contributed by atoms with E-state index in [1.54, 1.807) is 6.21 Å². The van der Waals surface area contributed by atoms with E-state index in [9.17, 15) is 4.79 Å². The first-order valence-corrected chi connectivity index (χ1v) is 3.40. The third-order valence-electron chi connectivity index (χ3n) is 0.835. The lowest BCUT2D eigenvalue weighted by atomic mass is 10.4. The van der Waals surface area contributed by atoms with Crippen LogP contribution in [0.4, 0.5) is 0 Å². The summed E-state index contributed by atoms with van der Waals surface area (Å²) in [6, 6.07) is 0. The molecule has 0 aliphatic rings. The van der Waals surface area contributed by atoms with Crippen molar-refractivity contribution < 1.29 is 9.63 Å². The van der Waals surface area contributed by atoms with Crippen molar-refractivity contribution in [2.45, 2.75) is 26.7 Å². The molecule has 0 aliphatic heterocycles. The van der Waals surface area contributed by atoms with Crippen molar-refractivity contribution in [2.24, 2.45) is 5.16 Å². The second-order valence-corrected chi connectivity index (χ2v) is 2.05. The van der Waals surface area contributed by atoms with Crippen LogP contribution in [-0.2, 0) is 9.63 Å². The molecule has 0 aromatic carbocycles. The highest BCUT2D eigenvalue weighted by molar-refractivity contribution is 5.76. The van der Waals surface area contributed by atoms with Crippen LogP contribution in [0.5, 0.6) is 0 Å². The van der Waals surface area contributed by atoms with Crippen molar-refractivity contribution in [3.63, 3.8) is 0 Å². The highest BCUT2D eigenvalue weighted by atomic mass is 16.6. The molecule has 0 saturated heterocycles. The number of hydrogen-bond donors (Lipinski definition) is 0. The minimum Gasteiger partial charge on any atom is -0.388 e. The van der Waals surface area contributed by atoms with Crippen molar-refractivity contribution in [3.8, 4) is 0 Å². The second kappa shape index (κ2) is 6.26. The first-order valence-electron chi connectivity index (χ1n) is 3.40. The average molecular weight is 143 g/mol. The Bertz CT molecular complexity index is 121. The summed E-state index contributed by atoms with van der Waals surface area (Å²) in [5.41, 5.74) is 0. The molecule has 0 N–H and O–H groups in total. The van der Waals surface area contributed by atoms with Gasteiger partial charge in [-0.05, 0) is 13.3 Å². The van der Waals surface area contributed by atoms with Crippen molar-refractivity contribution in [1.82, 2.24) is 0 Å². The van der Waals surface area contributed by atoms with Crippen LogP contribution >= 0.6 is 0 Å². The largest absolute Gasteiger partial charge is 0.388 e. The molecule has 3 nitrogen and oxygen atoms in total. The molecule has 0 aliphatic carbocycles. The normalized spacial score (nSPS) is 10.2. The number of Topliss-reactive ketones (excluding diaryl/α,β-unsaturated/α-hetero) is 1. The fourth-order valence-electron chi connectivity index (χ4n) is 0.363. The van der Waals surface area contributed by atoms with Crippen molar-refractivity contribution in [2.75, 3.05) is 6.61 Å². The predicted molar refractivity (Wildman–Crippen MR) is 40.0 cm³/mol. The highest BCUT2D eigenvalue weighted by Crippen LogP contribution is 1.82. The molecule has 0 saturated carbocycles. The van der Waals surface area contributed by atoms with E-state index in [0.717, 1.165) is 12.8 Å². The number of carbonyl (C=O) groups excluding carboxylic acids is 1. The summed E-state index contributed by atoms with van der Waals surface area (Å²) in [5.74, 6) is -0.00588. The third kappa shape index (κ3) is 7.14. The van der Waals surface area contributed by atoms with Crippen LogP contribution in [0, 0.1) is 0 Å². The Morgan fingerprint density at radius 2 is 2.40 bits per heavy atom. The summed E-state index contributed by atoms with van der Waals surface area (Å²) in [7, 11) is 0. The summed E-state index contributed by atoms with van der Waals surface area (Å²) in [5, 5.41) is 3.56. The van der Waals surface area contributed by atoms with Crippen molar-refractivity contribution in [3.05, 3.63) is 0 Å². The molecule has 0 rings (SSSR count). The molecule has 0 unspecified atom stereocenters.